The van der Waals surface area contributed by atoms with Gasteiger partial charge in [-0.2, -0.15) is 0 Å². The number of rotatable bonds is 4. The highest BCUT2D eigenvalue weighted by Gasteiger charge is 2.42. The third-order valence-electron chi connectivity index (χ3n) is 16.2. The van der Waals surface area contributed by atoms with E-state index in [0.29, 0.717) is 0 Å². The van der Waals surface area contributed by atoms with Crippen LogP contribution in [0.25, 0.3) is 42.8 Å². The lowest BCUT2D eigenvalue weighted by Gasteiger charge is -2.44. The van der Waals surface area contributed by atoms with E-state index >= 15 is 0 Å². The maximum Gasteiger partial charge on any atom is 0.211 e. The smallest absolute Gasteiger partial charge is 0.211 e. The summed E-state index contributed by atoms with van der Waals surface area (Å²) in [6.07, 6.45) is 4.79. The summed E-state index contributed by atoms with van der Waals surface area (Å²) in [6.45, 7) is 29.0. The van der Waals surface area contributed by atoms with Crippen LogP contribution in [0.5, 0.6) is 0 Å². The predicted molar refractivity (Wildman–Crippen MR) is 287 cm³/mol. The molecule has 0 fully saturated rings. The second-order valence-corrected chi connectivity index (χ2v) is 24.8. The van der Waals surface area contributed by atoms with Crippen molar-refractivity contribution in [3.63, 3.8) is 0 Å². The quantitative estimate of drug-likeness (QED) is 0.177. The normalized spacial score (nSPS) is 17.9. The molecular weight excluding hydrogens is 804 g/mol. The van der Waals surface area contributed by atoms with Crippen molar-refractivity contribution in [3.05, 3.63) is 149 Å². The molecule has 2 heterocycles. The van der Waals surface area contributed by atoms with Gasteiger partial charge < -0.3 is 10.2 Å². The van der Waals surface area contributed by atoms with Crippen molar-refractivity contribution in [1.29, 1.82) is 0 Å². The van der Waals surface area contributed by atoms with Crippen LogP contribution in [-0.2, 0) is 27.1 Å². The Hall–Kier alpha value is -5.32. The summed E-state index contributed by atoms with van der Waals surface area (Å²) in [4.78, 5) is 2.74. The molecule has 0 radical (unpaired) electrons. The van der Waals surface area contributed by atoms with Gasteiger partial charge in [-0.3, -0.25) is 0 Å². The number of nitrogens with one attached hydrogen (secondary N) is 1. The minimum absolute atomic E-state index is 0.0748. The van der Waals surface area contributed by atoms with Crippen molar-refractivity contribution >= 4 is 88.9 Å². The van der Waals surface area contributed by atoms with Gasteiger partial charge in [-0.25, -0.2) is 0 Å². The van der Waals surface area contributed by atoms with Crippen molar-refractivity contribution in [2.24, 2.45) is 0 Å². The molecule has 1 aromatic heterocycles. The number of anilines is 5. The van der Waals surface area contributed by atoms with Crippen LogP contribution in [0, 0.1) is 6.92 Å². The van der Waals surface area contributed by atoms with E-state index in [-0.39, 0.29) is 27.1 Å². The maximum atomic E-state index is 3.99. The van der Waals surface area contributed by atoms with Crippen LogP contribution >= 0.6 is 11.3 Å². The molecule has 0 saturated carbocycles. The summed E-state index contributed by atoms with van der Waals surface area (Å²) in [6, 6.07) is 44.9. The molecule has 7 aromatic carbocycles. The Kier molecular flexibility index (Phi) is 9.34. The molecule has 4 heteroatoms. The zero-order valence-electron chi connectivity index (χ0n) is 40.9. The molecular formula is C61H65BN2S. The molecule has 3 aliphatic rings. The lowest BCUT2D eigenvalue weighted by atomic mass is 9.60. The van der Waals surface area contributed by atoms with Crippen molar-refractivity contribution in [2.75, 3.05) is 10.2 Å². The molecule has 0 unspecified atom stereocenters. The predicted octanol–water partition coefficient (Wildman–Crippen LogP) is 16.1. The van der Waals surface area contributed by atoms with Crippen LogP contribution in [0.15, 0.2) is 115 Å². The topological polar surface area (TPSA) is 15.3 Å². The van der Waals surface area contributed by atoms with Gasteiger partial charge in [0.25, 0.3) is 0 Å². The molecule has 1 aliphatic heterocycles. The van der Waals surface area contributed by atoms with Gasteiger partial charge in [0.15, 0.2) is 0 Å². The van der Waals surface area contributed by atoms with E-state index in [1.807, 2.05) is 11.3 Å². The van der Waals surface area contributed by atoms with E-state index < -0.39 is 0 Å². The van der Waals surface area contributed by atoms with Gasteiger partial charge >= 0.3 is 0 Å². The number of thiophene rings is 1. The average Bonchev–Trinajstić information content (AvgIpc) is 3.62. The Morgan fingerprint density at radius 3 is 1.75 bits per heavy atom. The molecule has 11 rings (SSSR count). The summed E-state index contributed by atoms with van der Waals surface area (Å²) < 4.78 is 2.86. The minimum atomic E-state index is 0.0748. The Balaban J connectivity index is 1.22. The summed E-state index contributed by atoms with van der Waals surface area (Å²) in [5.41, 5.74) is 19.5. The molecule has 0 amide bonds. The van der Waals surface area contributed by atoms with E-state index in [1.165, 1.54) is 129 Å². The van der Waals surface area contributed by atoms with Crippen molar-refractivity contribution in [2.45, 2.75) is 136 Å². The van der Waals surface area contributed by atoms with Crippen LogP contribution in [0.1, 0.15) is 135 Å². The molecule has 0 spiro atoms. The van der Waals surface area contributed by atoms with Crippen molar-refractivity contribution in [3.8, 4) is 11.1 Å². The van der Waals surface area contributed by atoms with E-state index in [1.54, 1.807) is 0 Å². The van der Waals surface area contributed by atoms with Crippen LogP contribution in [-0.4, -0.2) is 7.28 Å². The molecule has 328 valence electrons. The second-order valence-electron chi connectivity index (χ2n) is 23.7. The minimum Gasteiger partial charge on any atom is -0.355 e. The second kappa shape index (κ2) is 14.3. The molecule has 1 N–H and O–H groups in total. The summed E-state index contributed by atoms with van der Waals surface area (Å²) in [5.74, 6) is 0. The first kappa shape index (κ1) is 42.3. The molecule has 0 atom stereocenters. The summed E-state index contributed by atoms with van der Waals surface area (Å²) >= 11 is 2.03. The molecule has 2 aliphatic carbocycles. The lowest BCUT2D eigenvalue weighted by molar-refractivity contribution is 0.332. The highest BCUT2D eigenvalue weighted by Crippen LogP contribution is 2.54. The van der Waals surface area contributed by atoms with Gasteiger partial charge in [0.1, 0.15) is 0 Å². The molecule has 0 bridgehead atoms. The highest BCUT2D eigenvalue weighted by atomic mass is 32.1. The Labute approximate surface area is 392 Å². The number of aryl methyl sites for hydroxylation is 1. The first-order chi connectivity index (χ1) is 30.7. The van der Waals surface area contributed by atoms with Crippen LogP contribution in [0.4, 0.5) is 28.4 Å². The number of hydrogen-bond donors (Lipinski definition) is 1. The van der Waals surface area contributed by atoms with Gasteiger partial charge in [-0.1, -0.05) is 143 Å². The van der Waals surface area contributed by atoms with E-state index in [2.05, 4.69) is 209 Å². The fourth-order valence-electron chi connectivity index (χ4n) is 11.9. The van der Waals surface area contributed by atoms with Crippen LogP contribution in [0.2, 0.25) is 0 Å². The first-order valence-electron chi connectivity index (χ1n) is 24.2. The Bertz CT molecular complexity index is 3260. The molecule has 2 nitrogen and oxygen atoms in total. The monoisotopic (exact) mass is 868 g/mol. The Morgan fingerprint density at radius 2 is 1.12 bits per heavy atom. The van der Waals surface area contributed by atoms with Crippen LogP contribution in [0.3, 0.4) is 0 Å². The number of hydrogen-bond acceptors (Lipinski definition) is 3. The molecule has 65 heavy (non-hydrogen) atoms. The number of fused-ring (bicyclic) bond motifs is 8. The molecule has 0 saturated heterocycles. The average molecular weight is 869 g/mol. The zero-order chi connectivity index (χ0) is 45.6. The first-order valence-corrected chi connectivity index (χ1v) is 25.0. The third-order valence-corrected chi connectivity index (χ3v) is 17.4. The third kappa shape index (κ3) is 6.79. The number of nitrogens with zero attached hydrogens (tertiary/aromatic N) is 1. The van der Waals surface area contributed by atoms with Gasteiger partial charge in [-0.15, -0.1) is 11.3 Å². The van der Waals surface area contributed by atoms with Crippen LogP contribution < -0.4 is 20.5 Å². The molecule has 8 aromatic rings. The fourth-order valence-corrected chi connectivity index (χ4v) is 13.1. The number of benzene rings is 7. The Morgan fingerprint density at radius 1 is 0.569 bits per heavy atom. The maximum absolute atomic E-state index is 3.99. The van der Waals surface area contributed by atoms with Gasteiger partial charge in [0.2, 0.25) is 7.28 Å². The van der Waals surface area contributed by atoms with E-state index in [9.17, 15) is 0 Å². The van der Waals surface area contributed by atoms with Gasteiger partial charge in [0.05, 0.1) is 5.69 Å². The van der Waals surface area contributed by atoms with E-state index in [0.717, 1.165) is 18.7 Å². The SMILES string of the molecule is Cc1cc2c(cc1N1c3cc4ccccc4c(-c4cc5ccccc5cc4Nc4ccc(C(C)(C)C)cc4)c3Bc3sc4cc5c(cc4c31)C(C)(C)CCC5(C)C)C(C)(C)CCC2(C)C. The highest BCUT2D eigenvalue weighted by molar-refractivity contribution is 7.29. The zero-order valence-corrected chi connectivity index (χ0v) is 41.7. The summed E-state index contributed by atoms with van der Waals surface area (Å²) in [5, 5.41) is 10.4. The van der Waals surface area contributed by atoms with Gasteiger partial charge in [0, 0.05) is 38.4 Å². The lowest BCUT2D eigenvalue weighted by Crippen LogP contribution is -2.40. The van der Waals surface area contributed by atoms with Gasteiger partial charge in [-0.05, 0) is 179 Å². The van der Waals surface area contributed by atoms with E-state index in [4.69, 9.17) is 0 Å². The largest absolute Gasteiger partial charge is 0.355 e. The summed E-state index contributed by atoms with van der Waals surface area (Å²) in [7, 11) is 0.868. The standard InChI is InChI=1S/C61H65BN2S/c1-36-29-45-47(60(9,10)27-25-58(45,5)6)34-50(36)64-51-32-39-19-15-16-20-42(39)53(43-30-37-17-13-14-18-38(37)31-49(43)63-41-23-21-40(22-24-41)57(2,3)4)54(51)62-56-55(64)44-33-46-48(35-52(44)65-56)61(11,12)28-26-59(46,7)8/h13-24,29-35,62-63H,25-28H2,1-12H3. The van der Waals surface area contributed by atoms with Crippen molar-refractivity contribution < 1.29 is 0 Å². The fraction of sp³-hybridized carbons (Fsp3) is 0.344. The van der Waals surface area contributed by atoms with Crippen molar-refractivity contribution in [1.82, 2.24) is 0 Å².